The van der Waals surface area contributed by atoms with E-state index >= 15 is 0 Å². The predicted molar refractivity (Wildman–Crippen MR) is 58.0 cm³/mol. The Hall–Kier alpha value is -1.88. The van der Waals surface area contributed by atoms with Crippen molar-refractivity contribution in [2.75, 3.05) is 5.32 Å². The fourth-order valence-electron chi connectivity index (χ4n) is 1.86. The topological polar surface area (TPSA) is 92.4 Å². The molecule has 2 atom stereocenters. The van der Waals surface area contributed by atoms with E-state index in [9.17, 15) is 9.59 Å². The minimum atomic E-state index is -1.09. The number of carbonyl (C=O) groups excluding carboxylic acids is 1. The molecule has 0 fully saturated rings. The minimum absolute atomic E-state index is 0.123. The Morgan fingerprint density at radius 1 is 1.50 bits per heavy atom. The second kappa shape index (κ2) is 3.94. The molecule has 5 nitrogen and oxygen atoms in total. The number of anilines is 1. The predicted octanol–water partition coefficient (Wildman–Crippen LogP) is 0.524. The lowest BCUT2D eigenvalue weighted by molar-refractivity contribution is -0.138. The van der Waals surface area contributed by atoms with Crippen molar-refractivity contribution in [2.45, 2.75) is 18.4 Å². The molecule has 0 bridgehead atoms. The second-order valence-corrected chi connectivity index (χ2v) is 3.81. The van der Waals surface area contributed by atoms with Gasteiger partial charge in [0.15, 0.2) is 0 Å². The van der Waals surface area contributed by atoms with Crippen LogP contribution in [0.5, 0.6) is 0 Å². The number of benzene rings is 1. The first kappa shape index (κ1) is 10.6. The van der Waals surface area contributed by atoms with Crippen molar-refractivity contribution in [3.8, 4) is 0 Å². The third kappa shape index (κ3) is 1.77. The van der Waals surface area contributed by atoms with Crippen LogP contribution in [0, 0.1) is 0 Å². The molecule has 1 amide bonds. The van der Waals surface area contributed by atoms with Gasteiger partial charge in [-0.05, 0) is 18.1 Å². The van der Waals surface area contributed by atoms with E-state index in [-0.39, 0.29) is 12.3 Å². The Morgan fingerprint density at radius 2 is 2.19 bits per heavy atom. The van der Waals surface area contributed by atoms with Gasteiger partial charge in [0.25, 0.3) is 0 Å². The zero-order chi connectivity index (χ0) is 11.7. The standard InChI is InChI=1S/C11H12N2O3/c12-8(11(15)16)5-7-6-3-1-2-4-9(6)13-10(7)14/h1-4,7-8H,5,12H2,(H,13,14)(H,15,16)/t7-,8+/m0/s1. The number of amides is 1. The molecule has 2 rings (SSSR count). The first-order valence-electron chi connectivity index (χ1n) is 4.98. The van der Waals surface area contributed by atoms with Gasteiger partial charge in [-0.25, -0.2) is 0 Å². The Balaban J connectivity index is 2.22. The van der Waals surface area contributed by atoms with Gasteiger partial charge in [-0.2, -0.15) is 0 Å². The molecular formula is C11H12N2O3. The summed E-state index contributed by atoms with van der Waals surface area (Å²) in [5, 5.41) is 11.4. The van der Waals surface area contributed by atoms with Crippen LogP contribution in [0.2, 0.25) is 0 Å². The highest BCUT2D eigenvalue weighted by molar-refractivity contribution is 6.03. The third-order valence-electron chi connectivity index (χ3n) is 2.72. The highest BCUT2D eigenvalue weighted by Gasteiger charge is 2.32. The van der Waals surface area contributed by atoms with E-state index in [0.29, 0.717) is 0 Å². The largest absolute Gasteiger partial charge is 0.480 e. The van der Waals surface area contributed by atoms with Crippen LogP contribution in [0.1, 0.15) is 17.9 Å². The smallest absolute Gasteiger partial charge is 0.320 e. The molecule has 0 aliphatic carbocycles. The van der Waals surface area contributed by atoms with Crippen molar-refractivity contribution < 1.29 is 14.7 Å². The molecule has 0 unspecified atom stereocenters. The summed E-state index contributed by atoms with van der Waals surface area (Å²) in [7, 11) is 0. The zero-order valence-electron chi connectivity index (χ0n) is 8.51. The summed E-state index contributed by atoms with van der Waals surface area (Å²) < 4.78 is 0. The number of aliphatic carboxylic acids is 1. The summed E-state index contributed by atoms with van der Waals surface area (Å²) >= 11 is 0. The maximum Gasteiger partial charge on any atom is 0.320 e. The lowest BCUT2D eigenvalue weighted by atomic mass is 9.94. The van der Waals surface area contributed by atoms with Gasteiger partial charge in [0.1, 0.15) is 6.04 Å². The van der Waals surface area contributed by atoms with Gasteiger partial charge in [0, 0.05) is 5.69 Å². The molecule has 1 aliphatic heterocycles. The average Bonchev–Trinajstić information content (AvgIpc) is 2.55. The lowest BCUT2D eigenvalue weighted by Crippen LogP contribution is -2.33. The normalized spacial score (nSPS) is 20.1. The summed E-state index contributed by atoms with van der Waals surface area (Å²) in [5.41, 5.74) is 7.00. The molecule has 1 heterocycles. The first-order valence-corrected chi connectivity index (χ1v) is 4.98. The minimum Gasteiger partial charge on any atom is -0.480 e. The summed E-state index contributed by atoms with van der Waals surface area (Å²) in [6, 6.07) is 6.23. The number of fused-ring (bicyclic) bond motifs is 1. The third-order valence-corrected chi connectivity index (χ3v) is 2.72. The van der Waals surface area contributed by atoms with Crippen LogP contribution >= 0.6 is 0 Å². The van der Waals surface area contributed by atoms with Crippen molar-refractivity contribution in [1.82, 2.24) is 0 Å². The first-order chi connectivity index (χ1) is 7.59. The number of carboxylic acid groups (broad SMARTS) is 1. The number of hydrogen-bond donors (Lipinski definition) is 3. The van der Waals surface area contributed by atoms with Gasteiger partial charge in [-0.15, -0.1) is 0 Å². The molecule has 0 spiro atoms. The highest BCUT2D eigenvalue weighted by atomic mass is 16.4. The molecular weight excluding hydrogens is 208 g/mol. The Bertz CT molecular complexity index is 445. The average molecular weight is 220 g/mol. The monoisotopic (exact) mass is 220 g/mol. The van der Waals surface area contributed by atoms with E-state index in [2.05, 4.69) is 5.32 Å². The number of nitrogens with two attached hydrogens (primary N) is 1. The van der Waals surface area contributed by atoms with Crippen LogP contribution < -0.4 is 11.1 Å². The Labute approximate surface area is 92.3 Å². The Kier molecular flexibility index (Phi) is 2.62. The van der Waals surface area contributed by atoms with Crippen LogP contribution in [0.3, 0.4) is 0 Å². The fraction of sp³-hybridized carbons (Fsp3) is 0.273. The second-order valence-electron chi connectivity index (χ2n) is 3.81. The SMILES string of the molecule is N[C@H](C[C@@H]1C(=O)Nc2ccccc21)C(=O)O. The molecule has 5 heteroatoms. The van der Waals surface area contributed by atoms with Gasteiger partial charge in [0.2, 0.25) is 5.91 Å². The van der Waals surface area contributed by atoms with Crippen molar-refractivity contribution in [2.24, 2.45) is 5.73 Å². The number of rotatable bonds is 3. The quantitative estimate of drug-likeness (QED) is 0.692. The summed E-state index contributed by atoms with van der Waals surface area (Å²) in [4.78, 5) is 22.3. The molecule has 1 aromatic carbocycles. The van der Waals surface area contributed by atoms with Crippen LogP contribution in [0.4, 0.5) is 5.69 Å². The lowest BCUT2D eigenvalue weighted by Gasteiger charge is -2.11. The van der Waals surface area contributed by atoms with E-state index in [1.165, 1.54) is 0 Å². The molecule has 4 N–H and O–H groups in total. The molecule has 1 aromatic rings. The van der Waals surface area contributed by atoms with Crippen LogP contribution in [-0.4, -0.2) is 23.0 Å². The molecule has 84 valence electrons. The van der Waals surface area contributed by atoms with Gasteiger partial charge >= 0.3 is 5.97 Å². The maximum atomic E-state index is 11.6. The van der Waals surface area contributed by atoms with Crippen molar-refractivity contribution in [3.63, 3.8) is 0 Å². The van der Waals surface area contributed by atoms with Crippen LogP contribution in [0.15, 0.2) is 24.3 Å². The van der Waals surface area contributed by atoms with Crippen molar-refractivity contribution in [1.29, 1.82) is 0 Å². The van der Waals surface area contributed by atoms with Crippen molar-refractivity contribution >= 4 is 17.6 Å². The number of para-hydroxylation sites is 1. The summed E-state index contributed by atoms with van der Waals surface area (Å²) in [6.07, 6.45) is 0.123. The van der Waals surface area contributed by atoms with Gasteiger partial charge in [0.05, 0.1) is 5.92 Å². The number of carboxylic acids is 1. The maximum absolute atomic E-state index is 11.6. The summed E-state index contributed by atoms with van der Waals surface area (Å²) in [5.74, 6) is -1.72. The van der Waals surface area contributed by atoms with E-state index in [1.54, 1.807) is 6.07 Å². The molecule has 1 aliphatic rings. The van der Waals surface area contributed by atoms with Crippen molar-refractivity contribution in [3.05, 3.63) is 29.8 Å². The number of carbonyl (C=O) groups is 2. The van der Waals surface area contributed by atoms with E-state index in [1.807, 2.05) is 18.2 Å². The molecule has 0 aromatic heterocycles. The molecule has 0 saturated carbocycles. The molecule has 16 heavy (non-hydrogen) atoms. The van der Waals surface area contributed by atoms with Crippen LogP contribution in [0.25, 0.3) is 0 Å². The van der Waals surface area contributed by atoms with E-state index < -0.39 is 17.9 Å². The van der Waals surface area contributed by atoms with Crippen LogP contribution in [-0.2, 0) is 9.59 Å². The van der Waals surface area contributed by atoms with Gasteiger partial charge in [-0.1, -0.05) is 18.2 Å². The number of nitrogens with one attached hydrogen (secondary N) is 1. The van der Waals surface area contributed by atoms with E-state index in [4.69, 9.17) is 10.8 Å². The van der Waals surface area contributed by atoms with E-state index in [0.717, 1.165) is 11.3 Å². The fourth-order valence-corrected chi connectivity index (χ4v) is 1.86. The highest BCUT2D eigenvalue weighted by Crippen LogP contribution is 2.34. The Morgan fingerprint density at radius 3 is 2.88 bits per heavy atom. The molecule has 0 saturated heterocycles. The number of hydrogen-bond acceptors (Lipinski definition) is 3. The molecule has 0 radical (unpaired) electrons. The van der Waals surface area contributed by atoms with Gasteiger partial charge in [-0.3, -0.25) is 9.59 Å². The zero-order valence-corrected chi connectivity index (χ0v) is 8.51. The van der Waals surface area contributed by atoms with Gasteiger partial charge < -0.3 is 16.2 Å². The summed E-state index contributed by atoms with van der Waals surface area (Å²) in [6.45, 7) is 0.